The van der Waals surface area contributed by atoms with E-state index in [4.69, 9.17) is 4.74 Å². The maximum atomic E-state index is 13.5. The first-order valence-electron chi connectivity index (χ1n) is 11.5. The van der Waals surface area contributed by atoms with Crippen LogP contribution in [0, 0.1) is 0 Å². The second kappa shape index (κ2) is 11.8. The van der Waals surface area contributed by atoms with Gasteiger partial charge in [-0.15, -0.1) is 11.3 Å². The molecule has 0 radical (unpaired) electrons. The van der Waals surface area contributed by atoms with Crippen molar-refractivity contribution in [1.82, 2.24) is 14.9 Å². The van der Waals surface area contributed by atoms with Gasteiger partial charge in [0.1, 0.15) is 29.9 Å². The van der Waals surface area contributed by atoms with Crippen molar-refractivity contribution < 1.29 is 13.9 Å². The molecule has 1 unspecified atom stereocenters. The van der Waals surface area contributed by atoms with Gasteiger partial charge in [-0.1, -0.05) is 23.9 Å². The van der Waals surface area contributed by atoms with Crippen LogP contribution in [-0.2, 0) is 0 Å². The summed E-state index contributed by atoms with van der Waals surface area (Å²) in [5.74, 6) is 1.21. The van der Waals surface area contributed by atoms with Gasteiger partial charge in [0.15, 0.2) is 5.16 Å². The van der Waals surface area contributed by atoms with Crippen LogP contribution < -0.4 is 14.5 Å². The van der Waals surface area contributed by atoms with E-state index < -0.39 is 0 Å². The van der Waals surface area contributed by atoms with E-state index in [1.165, 1.54) is 11.8 Å². The lowest BCUT2D eigenvalue weighted by Gasteiger charge is -2.24. The number of nitrogens with zero attached hydrogens (tertiary/aromatic N) is 5. The quantitative estimate of drug-likeness (QED) is 0.285. The molecule has 0 spiro atoms. The van der Waals surface area contributed by atoms with Gasteiger partial charge in [-0.2, -0.15) is 0 Å². The minimum absolute atomic E-state index is 0.128. The van der Waals surface area contributed by atoms with Gasteiger partial charge < -0.3 is 19.4 Å². The maximum Gasteiger partial charge on any atom is 0.263 e. The minimum Gasteiger partial charge on any atom is -0.485 e. The Balaban J connectivity index is 1.56. The first-order chi connectivity index (χ1) is 17.0. The van der Waals surface area contributed by atoms with Crippen LogP contribution in [0.1, 0.15) is 27.8 Å². The van der Waals surface area contributed by atoms with Crippen molar-refractivity contribution in [2.24, 2.45) is 0 Å². The molecule has 0 bridgehead atoms. The number of thioether (sulfide) groups is 1. The third-order valence-corrected chi connectivity index (χ3v) is 7.46. The summed E-state index contributed by atoms with van der Waals surface area (Å²) in [7, 11) is 3.86. The van der Waals surface area contributed by atoms with E-state index in [0.29, 0.717) is 41.9 Å². The number of likely N-dealkylation sites (N-methyl/N-ethyl adjacent to an activating group) is 1. The molecule has 3 aromatic rings. The number of carbonyl (C=O) groups is 1. The number of amides is 1. The number of rotatable bonds is 10. The number of aromatic nitrogens is 2. The predicted octanol–water partition coefficient (Wildman–Crippen LogP) is 4.77. The van der Waals surface area contributed by atoms with Crippen LogP contribution in [0.3, 0.4) is 0 Å². The second-order valence-corrected chi connectivity index (χ2v) is 10.1. The first kappa shape index (κ1) is 25.4. The van der Waals surface area contributed by atoms with Crippen molar-refractivity contribution >= 4 is 40.5 Å². The van der Waals surface area contributed by atoms with Crippen molar-refractivity contribution in [3.63, 3.8) is 0 Å². The van der Waals surface area contributed by atoms with Crippen molar-refractivity contribution in [2.45, 2.75) is 17.7 Å². The summed E-state index contributed by atoms with van der Waals surface area (Å²) in [6, 6.07) is 11.7. The number of halogens is 1. The van der Waals surface area contributed by atoms with E-state index in [1.807, 2.05) is 65.9 Å². The molecule has 0 saturated heterocycles. The number of ether oxygens (including phenoxy) is 1. The van der Waals surface area contributed by atoms with Crippen LogP contribution >= 0.6 is 23.1 Å². The first-order valence-corrected chi connectivity index (χ1v) is 13.6. The van der Waals surface area contributed by atoms with Gasteiger partial charge in [-0.3, -0.25) is 4.79 Å². The molecule has 186 valence electrons. The molecule has 0 N–H and O–H groups in total. The topological polar surface area (TPSA) is 61.8 Å². The fraction of sp³-hybridized carbons (Fsp3) is 0.400. The largest absolute Gasteiger partial charge is 0.485 e. The van der Waals surface area contributed by atoms with Crippen LogP contribution in [0.25, 0.3) is 0 Å². The van der Waals surface area contributed by atoms with E-state index in [9.17, 15) is 9.18 Å². The van der Waals surface area contributed by atoms with E-state index in [1.54, 1.807) is 22.4 Å². The highest BCUT2D eigenvalue weighted by Crippen LogP contribution is 2.32. The van der Waals surface area contributed by atoms with Crippen LogP contribution in [0.4, 0.5) is 15.9 Å². The molecule has 3 heterocycles. The van der Waals surface area contributed by atoms with Crippen LogP contribution in [0.15, 0.2) is 53.1 Å². The van der Waals surface area contributed by atoms with Crippen LogP contribution in [0.5, 0.6) is 5.75 Å². The molecular formula is C25H30FN5O2S2. The smallest absolute Gasteiger partial charge is 0.263 e. The summed E-state index contributed by atoms with van der Waals surface area (Å²) in [4.78, 5) is 29.2. The Morgan fingerprint density at radius 3 is 2.86 bits per heavy atom. The molecule has 0 fully saturated rings. The Morgan fingerprint density at radius 2 is 2.11 bits per heavy atom. The number of anilines is 2. The van der Waals surface area contributed by atoms with Crippen molar-refractivity contribution in [3.8, 4) is 5.75 Å². The van der Waals surface area contributed by atoms with Gasteiger partial charge >= 0.3 is 0 Å². The average Bonchev–Trinajstić information content (AvgIpc) is 3.37. The van der Waals surface area contributed by atoms with Gasteiger partial charge in [0.2, 0.25) is 0 Å². The highest BCUT2D eigenvalue weighted by Gasteiger charge is 2.28. The molecule has 0 aliphatic carbocycles. The molecule has 1 atom stereocenters. The number of benzene rings is 1. The molecule has 7 nitrogen and oxygen atoms in total. The Labute approximate surface area is 213 Å². The van der Waals surface area contributed by atoms with Crippen molar-refractivity contribution in [1.29, 1.82) is 0 Å². The highest BCUT2D eigenvalue weighted by molar-refractivity contribution is 7.98. The molecular weight excluding hydrogens is 485 g/mol. The molecule has 1 aliphatic rings. The molecule has 0 saturated carbocycles. The monoisotopic (exact) mass is 515 g/mol. The van der Waals surface area contributed by atoms with E-state index >= 15 is 0 Å². The zero-order valence-electron chi connectivity index (χ0n) is 20.2. The zero-order valence-corrected chi connectivity index (χ0v) is 21.8. The second-order valence-electron chi connectivity index (χ2n) is 8.37. The summed E-state index contributed by atoms with van der Waals surface area (Å²) in [5, 5.41) is 2.67. The molecule has 35 heavy (non-hydrogen) atoms. The Kier molecular flexibility index (Phi) is 8.59. The number of thiophene rings is 1. The van der Waals surface area contributed by atoms with Crippen LogP contribution in [0.2, 0.25) is 0 Å². The molecule has 1 aromatic carbocycles. The minimum atomic E-state index is -0.366. The lowest BCUT2D eigenvalue weighted by atomic mass is 10.2. The Hall–Kier alpha value is -2.69. The lowest BCUT2D eigenvalue weighted by Crippen LogP contribution is -2.33. The third-order valence-electron chi connectivity index (χ3n) is 5.93. The summed E-state index contributed by atoms with van der Waals surface area (Å²) in [5.41, 5.74) is 1.25. The summed E-state index contributed by atoms with van der Waals surface area (Å²) < 4.78 is 19.1. The molecule has 4 rings (SSSR count). The van der Waals surface area contributed by atoms with Gasteiger partial charge in [-0.25, -0.2) is 14.4 Å². The Morgan fingerprint density at radius 1 is 1.26 bits per heavy atom. The van der Waals surface area contributed by atoms with Gasteiger partial charge in [-0.05, 0) is 36.9 Å². The zero-order chi connectivity index (χ0) is 24.8. The fourth-order valence-electron chi connectivity index (χ4n) is 3.96. The Bertz CT molecular complexity index is 1130. The van der Waals surface area contributed by atoms with Gasteiger partial charge in [0.05, 0.1) is 0 Å². The fourth-order valence-corrected chi connectivity index (χ4v) is 5.09. The average molecular weight is 516 g/mol. The van der Waals surface area contributed by atoms with Crippen LogP contribution in [-0.4, -0.2) is 74.0 Å². The number of carbonyl (C=O) groups excluding carboxylic acids is 1. The third kappa shape index (κ3) is 6.12. The standard InChI is InChI=1S/C25H30FN5O2S2/c1-29(12-10-26)11-9-21(22-8-5-15-35-22)33-19-7-4-6-18(16-19)31-14-13-30(2)23-20(24(31)32)17-27-25(28-23)34-3/h4-8,15-17,21H,9-14H2,1-3H3. The number of alkyl halides is 1. The maximum absolute atomic E-state index is 13.5. The molecule has 2 aromatic heterocycles. The van der Waals surface area contributed by atoms with Gasteiger partial charge in [0.25, 0.3) is 5.91 Å². The predicted molar refractivity (Wildman–Crippen MR) is 141 cm³/mol. The molecule has 1 aliphatic heterocycles. The van der Waals surface area contributed by atoms with Crippen molar-refractivity contribution in [3.05, 3.63) is 58.4 Å². The number of hydrogen-bond donors (Lipinski definition) is 0. The summed E-state index contributed by atoms with van der Waals surface area (Å²) in [6.07, 6.45) is 4.11. The number of hydrogen-bond acceptors (Lipinski definition) is 8. The molecule has 1 amide bonds. The SMILES string of the molecule is CSc1ncc2c(n1)N(C)CCN(c1cccc(OC(CCN(C)CCF)c3cccs3)c1)C2=O. The van der Waals surface area contributed by atoms with Crippen molar-refractivity contribution in [2.75, 3.05) is 63.0 Å². The van der Waals surface area contributed by atoms with Gasteiger partial charge in [0, 0.05) is 62.5 Å². The van der Waals surface area contributed by atoms with E-state index in [0.717, 1.165) is 23.5 Å². The highest BCUT2D eigenvalue weighted by atomic mass is 32.2. The van der Waals surface area contributed by atoms with E-state index in [-0.39, 0.29) is 18.7 Å². The molecule has 10 heteroatoms. The normalized spacial score (nSPS) is 14.7. The summed E-state index contributed by atoms with van der Waals surface area (Å²) in [6.45, 7) is 1.92. The van der Waals surface area contributed by atoms with E-state index in [2.05, 4.69) is 16.0 Å². The number of fused-ring (bicyclic) bond motifs is 1. The lowest BCUT2D eigenvalue weighted by molar-refractivity contribution is 0.0989. The summed E-state index contributed by atoms with van der Waals surface area (Å²) >= 11 is 3.10.